The minimum atomic E-state index is 0.0310. The summed E-state index contributed by atoms with van der Waals surface area (Å²) in [5.74, 6) is 1.08. The normalized spacial score (nSPS) is 20.0. The summed E-state index contributed by atoms with van der Waals surface area (Å²) in [4.78, 5) is 43.6. The Kier molecular flexibility index (Phi) is 9.37. The summed E-state index contributed by atoms with van der Waals surface area (Å²) >= 11 is 0. The number of morpholine rings is 1. The molecule has 8 heteroatoms. The fourth-order valence-electron chi connectivity index (χ4n) is 5.99. The highest BCUT2D eigenvalue weighted by molar-refractivity contribution is 5.97. The van der Waals surface area contributed by atoms with Crippen molar-refractivity contribution in [2.24, 2.45) is 0 Å². The van der Waals surface area contributed by atoms with Gasteiger partial charge >= 0.3 is 0 Å². The van der Waals surface area contributed by atoms with Crippen molar-refractivity contribution in [2.75, 3.05) is 44.3 Å². The quantitative estimate of drug-likeness (QED) is 0.411. The predicted octanol–water partition coefficient (Wildman–Crippen LogP) is 4.46. The molecule has 1 unspecified atom stereocenters. The zero-order valence-electron chi connectivity index (χ0n) is 23.6. The molecule has 0 bridgehead atoms. The van der Waals surface area contributed by atoms with E-state index in [4.69, 9.17) is 9.47 Å². The monoisotopic (exact) mass is 547 g/mol. The second-order valence-corrected chi connectivity index (χ2v) is 11.2. The molecule has 3 aliphatic heterocycles. The van der Waals surface area contributed by atoms with Crippen LogP contribution in [0.2, 0.25) is 0 Å². The Morgan fingerprint density at radius 3 is 2.48 bits per heavy atom. The van der Waals surface area contributed by atoms with Gasteiger partial charge in [0.25, 0.3) is 5.91 Å². The van der Waals surface area contributed by atoms with E-state index in [0.29, 0.717) is 38.2 Å². The van der Waals surface area contributed by atoms with Crippen molar-refractivity contribution >= 4 is 23.4 Å². The van der Waals surface area contributed by atoms with E-state index in [2.05, 4.69) is 6.07 Å². The number of nitrogens with zero attached hydrogens (tertiary/aromatic N) is 3. The molecule has 0 aliphatic carbocycles. The van der Waals surface area contributed by atoms with Gasteiger partial charge in [0.05, 0.1) is 12.7 Å². The summed E-state index contributed by atoms with van der Waals surface area (Å²) in [7, 11) is 0. The largest absolute Gasteiger partial charge is 0.494 e. The summed E-state index contributed by atoms with van der Waals surface area (Å²) in [5.41, 5.74) is 2.94. The molecule has 2 aromatic carbocycles. The van der Waals surface area contributed by atoms with Gasteiger partial charge in [-0.25, -0.2) is 0 Å². The van der Waals surface area contributed by atoms with Crippen LogP contribution < -0.4 is 9.64 Å². The summed E-state index contributed by atoms with van der Waals surface area (Å²) in [6, 6.07) is 15.7. The molecule has 0 N–H and O–H groups in total. The third kappa shape index (κ3) is 6.84. The maximum Gasteiger partial charge on any atom is 0.253 e. The number of ether oxygens (including phenoxy) is 2. The van der Waals surface area contributed by atoms with Crippen molar-refractivity contribution < 1.29 is 23.9 Å². The Morgan fingerprint density at radius 1 is 0.925 bits per heavy atom. The molecule has 2 fully saturated rings. The molecule has 0 saturated carbocycles. The van der Waals surface area contributed by atoms with Crippen LogP contribution in [-0.2, 0) is 20.7 Å². The molecule has 0 radical (unpaired) electrons. The molecule has 40 heavy (non-hydrogen) atoms. The molecular formula is C32H41N3O5. The van der Waals surface area contributed by atoms with E-state index in [9.17, 15) is 14.4 Å². The number of carbonyl (C=O) groups excluding carboxylic acids is 3. The van der Waals surface area contributed by atoms with Crippen molar-refractivity contribution in [3.63, 3.8) is 0 Å². The van der Waals surface area contributed by atoms with Crippen LogP contribution in [0.4, 0.5) is 5.69 Å². The van der Waals surface area contributed by atoms with Crippen LogP contribution in [0.5, 0.6) is 5.75 Å². The number of fused-ring (bicyclic) bond motifs is 1. The van der Waals surface area contributed by atoms with Crippen LogP contribution in [-0.4, -0.2) is 79.1 Å². The van der Waals surface area contributed by atoms with Crippen LogP contribution in [0.1, 0.15) is 67.8 Å². The summed E-state index contributed by atoms with van der Waals surface area (Å²) in [6.45, 7) is 5.61. The molecule has 3 amide bonds. The van der Waals surface area contributed by atoms with Crippen molar-refractivity contribution in [3.8, 4) is 5.75 Å². The molecule has 2 aromatic rings. The molecule has 0 aromatic heterocycles. The van der Waals surface area contributed by atoms with Crippen molar-refractivity contribution in [2.45, 2.75) is 70.4 Å². The van der Waals surface area contributed by atoms with Gasteiger partial charge in [-0.1, -0.05) is 31.0 Å². The number of anilines is 1. The number of aryl methyl sites for hydroxylation is 1. The average molecular weight is 548 g/mol. The van der Waals surface area contributed by atoms with E-state index < -0.39 is 0 Å². The highest BCUT2D eigenvalue weighted by atomic mass is 16.5. The van der Waals surface area contributed by atoms with Crippen molar-refractivity contribution in [1.82, 2.24) is 9.80 Å². The van der Waals surface area contributed by atoms with E-state index in [1.165, 1.54) is 5.56 Å². The van der Waals surface area contributed by atoms with Gasteiger partial charge in [-0.05, 0) is 74.9 Å². The van der Waals surface area contributed by atoms with Crippen LogP contribution in [0.15, 0.2) is 48.5 Å². The first-order valence-electron chi connectivity index (χ1n) is 14.8. The number of unbranched alkanes of at least 4 members (excludes halogenated alkanes) is 3. The van der Waals surface area contributed by atoms with Crippen molar-refractivity contribution in [1.29, 1.82) is 0 Å². The third-order valence-electron chi connectivity index (χ3n) is 8.26. The minimum absolute atomic E-state index is 0.0310. The van der Waals surface area contributed by atoms with E-state index in [-0.39, 0.29) is 36.5 Å². The van der Waals surface area contributed by atoms with Gasteiger partial charge in [0.1, 0.15) is 12.4 Å². The standard InChI is InChI=1S/C32H41N3O5/c1-24-22-34(31(37)23-40-24)18-6-2-3-7-21-39-28-13-10-26(11-14-28)32(38)33-19-16-27(17-20-33)35-29-9-5-4-8-25(29)12-15-30(35)36/h4-5,8-11,13-14,24,27H,2-3,6-7,12,15-23H2,1H3. The van der Waals surface area contributed by atoms with Gasteiger partial charge in [0.2, 0.25) is 11.8 Å². The van der Waals surface area contributed by atoms with Crippen LogP contribution in [0.3, 0.4) is 0 Å². The minimum Gasteiger partial charge on any atom is -0.494 e. The number of carbonyl (C=O) groups is 3. The van der Waals surface area contributed by atoms with Crippen LogP contribution in [0.25, 0.3) is 0 Å². The first-order valence-corrected chi connectivity index (χ1v) is 14.8. The highest BCUT2D eigenvalue weighted by Crippen LogP contribution is 2.32. The molecule has 3 heterocycles. The Morgan fingerprint density at radius 2 is 1.68 bits per heavy atom. The number of hydrogen-bond acceptors (Lipinski definition) is 5. The molecule has 214 valence electrons. The molecule has 3 aliphatic rings. The van der Waals surface area contributed by atoms with E-state index >= 15 is 0 Å². The van der Waals surface area contributed by atoms with Gasteiger partial charge in [-0.2, -0.15) is 0 Å². The van der Waals surface area contributed by atoms with E-state index in [1.54, 1.807) is 0 Å². The van der Waals surface area contributed by atoms with E-state index in [1.807, 2.05) is 64.1 Å². The number of benzene rings is 2. The SMILES string of the molecule is CC1CN(CCCCCCOc2ccc(C(=O)N3CCC(N4C(=O)CCc5ccccc54)CC3)cc2)C(=O)CO1. The maximum atomic E-state index is 13.1. The molecule has 0 spiro atoms. The lowest BCUT2D eigenvalue weighted by molar-refractivity contribution is -0.147. The lowest BCUT2D eigenvalue weighted by Gasteiger charge is -2.41. The second-order valence-electron chi connectivity index (χ2n) is 11.2. The van der Waals surface area contributed by atoms with Crippen molar-refractivity contribution in [3.05, 3.63) is 59.7 Å². The predicted molar refractivity (Wildman–Crippen MR) is 154 cm³/mol. The molecule has 8 nitrogen and oxygen atoms in total. The Balaban J connectivity index is 1.01. The molecule has 5 rings (SSSR count). The lowest BCUT2D eigenvalue weighted by atomic mass is 9.95. The van der Waals surface area contributed by atoms with E-state index in [0.717, 1.165) is 62.9 Å². The first kappa shape index (κ1) is 28.1. The molecule has 2 saturated heterocycles. The number of hydrogen-bond donors (Lipinski definition) is 0. The number of likely N-dealkylation sites (tertiary alicyclic amines) is 1. The first-order chi connectivity index (χ1) is 19.5. The Bertz CT molecular complexity index is 1180. The number of piperidine rings is 1. The van der Waals surface area contributed by atoms with Gasteiger partial charge in [0, 0.05) is 49.9 Å². The topological polar surface area (TPSA) is 79.4 Å². The zero-order valence-corrected chi connectivity index (χ0v) is 23.6. The van der Waals surface area contributed by atoms with Gasteiger partial charge in [-0.15, -0.1) is 0 Å². The summed E-state index contributed by atoms with van der Waals surface area (Å²) in [5, 5.41) is 0. The summed E-state index contributed by atoms with van der Waals surface area (Å²) < 4.78 is 11.3. The Labute approximate surface area is 237 Å². The number of rotatable bonds is 10. The molecular weight excluding hydrogens is 506 g/mol. The van der Waals surface area contributed by atoms with Gasteiger partial charge in [-0.3, -0.25) is 14.4 Å². The van der Waals surface area contributed by atoms with Gasteiger partial charge < -0.3 is 24.2 Å². The number of amides is 3. The Hall–Kier alpha value is -3.39. The number of para-hydroxylation sites is 1. The highest BCUT2D eigenvalue weighted by Gasteiger charge is 2.33. The third-order valence-corrected chi connectivity index (χ3v) is 8.26. The smallest absolute Gasteiger partial charge is 0.253 e. The fourth-order valence-corrected chi connectivity index (χ4v) is 5.99. The maximum absolute atomic E-state index is 13.1. The fraction of sp³-hybridized carbons (Fsp3) is 0.531. The van der Waals surface area contributed by atoms with Gasteiger partial charge in [0.15, 0.2) is 0 Å². The summed E-state index contributed by atoms with van der Waals surface area (Å²) in [6.07, 6.45) is 7.11. The zero-order chi connectivity index (χ0) is 27.9. The lowest BCUT2D eigenvalue weighted by Crippen LogP contribution is -2.50. The molecule has 1 atom stereocenters. The average Bonchev–Trinajstić information content (AvgIpc) is 2.98. The van der Waals surface area contributed by atoms with Crippen LogP contribution in [0, 0.1) is 0 Å². The second kappa shape index (κ2) is 13.3. The van der Waals surface area contributed by atoms with Crippen LogP contribution >= 0.6 is 0 Å².